The molecule has 1 aromatic heterocycles. The average Bonchev–Trinajstić information content (AvgIpc) is 2.51. The molecule has 3 heteroatoms. The fourth-order valence-corrected chi connectivity index (χ4v) is 2.24. The monoisotopic (exact) mass is 264 g/mol. The van der Waals surface area contributed by atoms with E-state index in [9.17, 15) is 0 Å². The third kappa shape index (κ3) is 2.49. The van der Waals surface area contributed by atoms with Gasteiger partial charge in [0.2, 0.25) is 5.88 Å². The summed E-state index contributed by atoms with van der Waals surface area (Å²) in [4.78, 5) is 4.46. The SMILES string of the molecule is CNCc1cnc(Oc2ccccc2)c2ccccc12. The van der Waals surface area contributed by atoms with E-state index in [0.29, 0.717) is 5.88 Å². The van der Waals surface area contributed by atoms with Crippen LogP contribution >= 0.6 is 0 Å². The van der Waals surface area contributed by atoms with Crippen molar-refractivity contribution in [2.24, 2.45) is 0 Å². The van der Waals surface area contributed by atoms with Gasteiger partial charge in [-0.25, -0.2) is 4.98 Å². The lowest BCUT2D eigenvalue weighted by molar-refractivity contribution is 0.469. The van der Waals surface area contributed by atoms with Crippen LogP contribution in [0.1, 0.15) is 5.56 Å². The van der Waals surface area contributed by atoms with Crippen molar-refractivity contribution in [3.63, 3.8) is 0 Å². The van der Waals surface area contributed by atoms with E-state index in [0.717, 1.165) is 17.7 Å². The van der Waals surface area contributed by atoms with Crippen LogP contribution in [0.5, 0.6) is 11.6 Å². The molecule has 0 atom stereocenters. The maximum atomic E-state index is 5.89. The number of benzene rings is 2. The predicted molar refractivity (Wildman–Crippen MR) is 81.0 cm³/mol. The molecule has 100 valence electrons. The van der Waals surface area contributed by atoms with Crippen molar-refractivity contribution in [3.8, 4) is 11.6 Å². The molecule has 0 radical (unpaired) electrons. The Labute approximate surface area is 118 Å². The first kappa shape index (κ1) is 12.6. The first-order valence-corrected chi connectivity index (χ1v) is 6.62. The van der Waals surface area contributed by atoms with Crippen LogP contribution in [0.15, 0.2) is 60.8 Å². The van der Waals surface area contributed by atoms with Crippen molar-refractivity contribution in [2.75, 3.05) is 7.05 Å². The Balaban J connectivity index is 2.06. The molecule has 0 aliphatic heterocycles. The number of pyridine rings is 1. The molecule has 0 saturated carbocycles. The third-order valence-corrected chi connectivity index (χ3v) is 3.17. The highest BCUT2D eigenvalue weighted by molar-refractivity contribution is 5.89. The van der Waals surface area contributed by atoms with Gasteiger partial charge >= 0.3 is 0 Å². The molecule has 0 unspecified atom stereocenters. The second kappa shape index (κ2) is 5.72. The highest BCUT2D eigenvalue weighted by atomic mass is 16.5. The number of aromatic nitrogens is 1. The first-order valence-electron chi connectivity index (χ1n) is 6.62. The molecule has 0 fully saturated rings. The minimum atomic E-state index is 0.645. The second-order valence-corrected chi connectivity index (χ2v) is 4.58. The van der Waals surface area contributed by atoms with E-state index in [2.05, 4.69) is 16.4 Å². The van der Waals surface area contributed by atoms with Crippen LogP contribution in [-0.4, -0.2) is 12.0 Å². The van der Waals surface area contributed by atoms with E-state index in [1.165, 1.54) is 10.9 Å². The molecular formula is C17H16N2O. The smallest absolute Gasteiger partial charge is 0.227 e. The van der Waals surface area contributed by atoms with Gasteiger partial charge < -0.3 is 10.1 Å². The summed E-state index contributed by atoms with van der Waals surface area (Å²) in [5, 5.41) is 5.37. The Hall–Kier alpha value is -2.39. The van der Waals surface area contributed by atoms with E-state index in [1.807, 2.05) is 61.8 Å². The third-order valence-electron chi connectivity index (χ3n) is 3.17. The number of fused-ring (bicyclic) bond motifs is 1. The Bertz CT molecular complexity index is 711. The van der Waals surface area contributed by atoms with Gasteiger partial charge in [-0.05, 0) is 36.2 Å². The van der Waals surface area contributed by atoms with Crippen molar-refractivity contribution in [1.82, 2.24) is 10.3 Å². The maximum absolute atomic E-state index is 5.89. The van der Waals surface area contributed by atoms with E-state index in [-0.39, 0.29) is 0 Å². The molecule has 3 aromatic rings. The zero-order valence-electron chi connectivity index (χ0n) is 11.3. The lowest BCUT2D eigenvalue weighted by Crippen LogP contribution is -2.06. The fourth-order valence-electron chi connectivity index (χ4n) is 2.24. The van der Waals surface area contributed by atoms with Gasteiger partial charge in [0, 0.05) is 18.1 Å². The number of hydrogen-bond donors (Lipinski definition) is 1. The summed E-state index contributed by atoms with van der Waals surface area (Å²) in [6, 6.07) is 17.9. The van der Waals surface area contributed by atoms with Crippen LogP contribution < -0.4 is 10.1 Å². The van der Waals surface area contributed by atoms with Crippen LogP contribution in [0.4, 0.5) is 0 Å². The summed E-state index contributed by atoms with van der Waals surface area (Å²) in [7, 11) is 1.93. The van der Waals surface area contributed by atoms with Crippen molar-refractivity contribution in [1.29, 1.82) is 0 Å². The molecule has 0 amide bonds. The average molecular weight is 264 g/mol. The molecule has 0 aliphatic rings. The van der Waals surface area contributed by atoms with Gasteiger partial charge in [-0.15, -0.1) is 0 Å². The highest BCUT2D eigenvalue weighted by Gasteiger charge is 2.08. The van der Waals surface area contributed by atoms with Gasteiger partial charge in [0.25, 0.3) is 0 Å². The van der Waals surface area contributed by atoms with Gasteiger partial charge in [0.05, 0.1) is 0 Å². The fraction of sp³-hybridized carbons (Fsp3) is 0.118. The summed E-state index contributed by atoms with van der Waals surface area (Å²) in [5.41, 5.74) is 1.17. The second-order valence-electron chi connectivity index (χ2n) is 4.58. The predicted octanol–water partition coefficient (Wildman–Crippen LogP) is 3.75. The van der Waals surface area contributed by atoms with E-state index in [1.54, 1.807) is 0 Å². The summed E-state index contributed by atoms with van der Waals surface area (Å²) < 4.78 is 5.89. The summed E-state index contributed by atoms with van der Waals surface area (Å²) >= 11 is 0. The molecule has 20 heavy (non-hydrogen) atoms. The molecule has 1 heterocycles. The zero-order chi connectivity index (χ0) is 13.8. The summed E-state index contributed by atoms with van der Waals surface area (Å²) in [6.07, 6.45) is 1.87. The Morgan fingerprint density at radius 3 is 2.40 bits per heavy atom. The van der Waals surface area contributed by atoms with Gasteiger partial charge in [-0.3, -0.25) is 0 Å². The number of rotatable bonds is 4. The number of hydrogen-bond acceptors (Lipinski definition) is 3. The topological polar surface area (TPSA) is 34.2 Å². The van der Waals surface area contributed by atoms with E-state index >= 15 is 0 Å². The Morgan fingerprint density at radius 2 is 1.65 bits per heavy atom. The van der Waals surface area contributed by atoms with Gasteiger partial charge in [-0.2, -0.15) is 0 Å². The lowest BCUT2D eigenvalue weighted by Gasteiger charge is -2.11. The van der Waals surface area contributed by atoms with Crippen LogP contribution in [-0.2, 0) is 6.54 Å². The minimum Gasteiger partial charge on any atom is -0.438 e. The lowest BCUT2D eigenvalue weighted by atomic mass is 10.1. The Kier molecular flexibility index (Phi) is 3.61. The van der Waals surface area contributed by atoms with E-state index in [4.69, 9.17) is 4.74 Å². The molecule has 0 spiro atoms. The molecule has 0 aliphatic carbocycles. The van der Waals surface area contributed by atoms with Crippen LogP contribution in [0.3, 0.4) is 0 Å². The van der Waals surface area contributed by atoms with Crippen molar-refractivity contribution >= 4 is 10.8 Å². The highest BCUT2D eigenvalue weighted by Crippen LogP contribution is 2.29. The quantitative estimate of drug-likeness (QED) is 0.779. The van der Waals surface area contributed by atoms with Crippen molar-refractivity contribution in [3.05, 3.63) is 66.4 Å². The van der Waals surface area contributed by atoms with Gasteiger partial charge in [-0.1, -0.05) is 36.4 Å². The number of nitrogens with one attached hydrogen (secondary N) is 1. The Morgan fingerprint density at radius 1 is 0.950 bits per heavy atom. The normalized spacial score (nSPS) is 10.7. The van der Waals surface area contributed by atoms with Crippen LogP contribution in [0, 0.1) is 0 Å². The molecule has 0 saturated heterocycles. The standard InChI is InChI=1S/C17H16N2O/c1-18-11-13-12-19-17(16-10-6-5-9-15(13)16)20-14-7-3-2-4-8-14/h2-10,12,18H,11H2,1H3. The molecule has 3 rings (SSSR count). The molecule has 1 N–H and O–H groups in total. The van der Waals surface area contributed by atoms with Gasteiger partial charge in [0.15, 0.2) is 0 Å². The zero-order valence-corrected chi connectivity index (χ0v) is 11.3. The van der Waals surface area contributed by atoms with Crippen LogP contribution in [0.2, 0.25) is 0 Å². The molecule has 0 bridgehead atoms. The largest absolute Gasteiger partial charge is 0.438 e. The maximum Gasteiger partial charge on any atom is 0.227 e. The molecular weight excluding hydrogens is 248 g/mol. The summed E-state index contributed by atoms with van der Waals surface area (Å²) in [6.45, 7) is 0.791. The van der Waals surface area contributed by atoms with E-state index < -0.39 is 0 Å². The van der Waals surface area contributed by atoms with Crippen molar-refractivity contribution in [2.45, 2.75) is 6.54 Å². The molecule has 2 aromatic carbocycles. The number of para-hydroxylation sites is 1. The molecule has 3 nitrogen and oxygen atoms in total. The van der Waals surface area contributed by atoms with Crippen molar-refractivity contribution < 1.29 is 4.74 Å². The minimum absolute atomic E-state index is 0.645. The summed E-state index contributed by atoms with van der Waals surface area (Å²) in [5.74, 6) is 1.44. The van der Waals surface area contributed by atoms with Crippen LogP contribution in [0.25, 0.3) is 10.8 Å². The number of ether oxygens (including phenoxy) is 1. The number of nitrogens with zero attached hydrogens (tertiary/aromatic N) is 1. The van der Waals surface area contributed by atoms with Gasteiger partial charge in [0.1, 0.15) is 5.75 Å². The first-order chi connectivity index (χ1) is 9.88.